The zero-order valence-electron chi connectivity index (χ0n) is 11.2. The minimum Gasteiger partial charge on any atom is -0.368 e. The quantitative estimate of drug-likeness (QED) is 0.788. The molecule has 0 aliphatic heterocycles. The highest BCUT2D eigenvalue weighted by Gasteiger charge is 2.27. The molecule has 0 saturated carbocycles. The van der Waals surface area contributed by atoms with Crippen LogP contribution in [0.15, 0.2) is 4.52 Å². The molecule has 0 aliphatic rings. The molecular formula is C12H23N3O2. The van der Waals surface area contributed by atoms with E-state index in [0.29, 0.717) is 30.8 Å². The van der Waals surface area contributed by atoms with E-state index in [2.05, 4.69) is 17.1 Å². The lowest BCUT2D eigenvalue weighted by Gasteiger charge is -2.19. The summed E-state index contributed by atoms with van der Waals surface area (Å²) in [6.45, 7) is 9.19. The summed E-state index contributed by atoms with van der Waals surface area (Å²) < 4.78 is 10.8. The molecule has 0 fully saturated rings. The van der Waals surface area contributed by atoms with Gasteiger partial charge in [-0.2, -0.15) is 4.98 Å². The summed E-state index contributed by atoms with van der Waals surface area (Å²) >= 11 is 0. The molecule has 0 amide bonds. The predicted molar refractivity (Wildman–Crippen MR) is 65.5 cm³/mol. The number of hydrogen-bond acceptors (Lipinski definition) is 5. The molecule has 0 saturated heterocycles. The van der Waals surface area contributed by atoms with E-state index in [0.717, 1.165) is 12.8 Å². The Hall–Kier alpha value is -0.940. The van der Waals surface area contributed by atoms with Crippen LogP contribution in [0.3, 0.4) is 0 Å². The van der Waals surface area contributed by atoms with Gasteiger partial charge >= 0.3 is 0 Å². The van der Waals surface area contributed by atoms with Gasteiger partial charge in [0.2, 0.25) is 11.7 Å². The van der Waals surface area contributed by atoms with E-state index in [-0.39, 0.29) is 0 Å². The standard InChI is InChI=1S/C12H23N3O2/c1-5-9(8-13)7-10-14-11(15-17-10)12(3,4)16-6-2/h9H,5-8,13H2,1-4H3. The largest absolute Gasteiger partial charge is 0.368 e. The maximum atomic E-state index is 5.66. The maximum Gasteiger partial charge on any atom is 0.227 e. The number of ether oxygens (including phenoxy) is 1. The minimum atomic E-state index is -0.499. The first-order valence-corrected chi connectivity index (χ1v) is 6.20. The molecular weight excluding hydrogens is 218 g/mol. The third-order valence-corrected chi connectivity index (χ3v) is 2.89. The van der Waals surface area contributed by atoms with Crippen LogP contribution < -0.4 is 5.73 Å². The fourth-order valence-electron chi connectivity index (χ4n) is 1.65. The van der Waals surface area contributed by atoms with Crippen LogP contribution in [0.4, 0.5) is 0 Å². The summed E-state index contributed by atoms with van der Waals surface area (Å²) in [5.41, 5.74) is 5.16. The molecule has 98 valence electrons. The summed E-state index contributed by atoms with van der Waals surface area (Å²) in [7, 11) is 0. The maximum absolute atomic E-state index is 5.66. The van der Waals surface area contributed by atoms with Gasteiger partial charge in [-0.05, 0) is 33.2 Å². The first-order valence-electron chi connectivity index (χ1n) is 6.20. The average Bonchev–Trinajstić information content (AvgIpc) is 2.75. The van der Waals surface area contributed by atoms with E-state index in [1.807, 2.05) is 20.8 Å². The van der Waals surface area contributed by atoms with Crippen LogP contribution in [-0.4, -0.2) is 23.3 Å². The number of hydrogen-bond donors (Lipinski definition) is 1. The average molecular weight is 241 g/mol. The van der Waals surface area contributed by atoms with Crippen molar-refractivity contribution in [2.75, 3.05) is 13.2 Å². The van der Waals surface area contributed by atoms with Gasteiger partial charge in [0.1, 0.15) is 5.60 Å². The van der Waals surface area contributed by atoms with Crippen molar-refractivity contribution in [3.8, 4) is 0 Å². The Morgan fingerprint density at radius 3 is 2.65 bits per heavy atom. The lowest BCUT2D eigenvalue weighted by atomic mass is 10.0. The Kier molecular flexibility index (Phi) is 5.08. The monoisotopic (exact) mass is 241 g/mol. The van der Waals surface area contributed by atoms with E-state index < -0.39 is 5.60 Å². The molecule has 1 atom stereocenters. The molecule has 2 N–H and O–H groups in total. The molecule has 17 heavy (non-hydrogen) atoms. The zero-order chi connectivity index (χ0) is 12.9. The zero-order valence-corrected chi connectivity index (χ0v) is 11.2. The third kappa shape index (κ3) is 3.78. The number of rotatable bonds is 7. The van der Waals surface area contributed by atoms with Crippen molar-refractivity contribution in [1.82, 2.24) is 10.1 Å². The molecule has 0 bridgehead atoms. The molecule has 1 rings (SSSR count). The van der Waals surface area contributed by atoms with Crippen LogP contribution in [0.2, 0.25) is 0 Å². The van der Waals surface area contributed by atoms with Crippen molar-refractivity contribution in [1.29, 1.82) is 0 Å². The Morgan fingerprint density at radius 2 is 2.12 bits per heavy atom. The van der Waals surface area contributed by atoms with Crippen LogP contribution in [0, 0.1) is 5.92 Å². The van der Waals surface area contributed by atoms with Crippen molar-refractivity contribution in [3.05, 3.63) is 11.7 Å². The first kappa shape index (κ1) is 14.1. The van der Waals surface area contributed by atoms with E-state index >= 15 is 0 Å². The van der Waals surface area contributed by atoms with Gasteiger partial charge in [0.25, 0.3) is 0 Å². The van der Waals surface area contributed by atoms with Crippen molar-refractivity contribution >= 4 is 0 Å². The summed E-state index contributed by atoms with van der Waals surface area (Å²) in [5, 5.41) is 3.98. The topological polar surface area (TPSA) is 74.2 Å². The van der Waals surface area contributed by atoms with Gasteiger partial charge in [0.15, 0.2) is 0 Å². The van der Waals surface area contributed by atoms with Gasteiger partial charge in [0.05, 0.1) is 0 Å². The molecule has 1 unspecified atom stereocenters. The van der Waals surface area contributed by atoms with Gasteiger partial charge in [-0.25, -0.2) is 0 Å². The molecule has 0 aromatic carbocycles. The molecule has 0 radical (unpaired) electrons. The van der Waals surface area contributed by atoms with E-state index in [1.54, 1.807) is 0 Å². The third-order valence-electron chi connectivity index (χ3n) is 2.89. The second-order valence-electron chi connectivity index (χ2n) is 4.67. The van der Waals surface area contributed by atoms with Crippen LogP contribution in [0.1, 0.15) is 45.8 Å². The molecule has 1 aromatic rings. The Labute approximate surface area is 103 Å². The predicted octanol–water partition coefficient (Wildman–Crippen LogP) is 1.87. The van der Waals surface area contributed by atoms with Crippen LogP contribution in [0.25, 0.3) is 0 Å². The molecule has 5 heteroatoms. The smallest absolute Gasteiger partial charge is 0.227 e. The second-order valence-corrected chi connectivity index (χ2v) is 4.67. The fourth-order valence-corrected chi connectivity index (χ4v) is 1.65. The van der Waals surface area contributed by atoms with Gasteiger partial charge in [-0.3, -0.25) is 0 Å². The normalized spacial score (nSPS) is 13.9. The first-order chi connectivity index (χ1) is 8.03. The van der Waals surface area contributed by atoms with Crippen molar-refractivity contribution in [2.24, 2.45) is 11.7 Å². The second kappa shape index (κ2) is 6.12. The van der Waals surface area contributed by atoms with E-state index in [9.17, 15) is 0 Å². The molecule has 1 aromatic heterocycles. The van der Waals surface area contributed by atoms with E-state index in [4.69, 9.17) is 15.0 Å². The van der Waals surface area contributed by atoms with Crippen LogP contribution in [0.5, 0.6) is 0 Å². The van der Waals surface area contributed by atoms with E-state index in [1.165, 1.54) is 0 Å². The number of nitrogens with two attached hydrogens (primary N) is 1. The van der Waals surface area contributed by atoms with Gasteiger partial charge < -0.3 is 15.0 Å². The molecule has 1 heterocycles. The highest BCUT2D eigenvalue weighted by atomic mass is 16.5. The minimum absolute atomic E-state index is 0.401. The molecule has 5 nitrogen and oxygen atoms in total. The SMILES string of the molecule is CCOC(C)(C)c1noc(CC(CC)CN)n1. The Morgan fingerprint density at radius 1 is 1.41 bits per heavy atom. The number of aromatic nitrogens is 2. The highest BCUT2D eigenvalue weighted by Crippen LogP contribution is 2.22. The summed E-state index contributed by atoms with van der Waals surface area (Å²) in [6.07, 6.45) is 1.76. The van der Waals surface area contributed by atoms with Crippen LogP contribution in [-0.2, 0) is 16.8 Å². The summed E-state index contributed by atoms with van der Waals surface area (Å²) in [4.78, 5) is 4.38. The summed E-state index contributed by atoms with van der Waals surface area (Å²) in [6, 6.07) is 0. The lowest BCUT2D eigenvalue weighted by Crippen LogP contribution is -2.23. The highest BCUT2D eigenvalue weighted by molar-refractivity contribution is 4.97. The Bertz CT molecular complexity index is 332. The van der Waals surface area contributed by atoms with Gasteiger partial charge in [-0.1, -0.05) is 18.5 Å². The van der Waals surface area contributed by atoms with Gasteiger partial charge in [-0.15, -0.1) is 0 Å². The fraction of sp³-hybridized carbons (Fsp3) is 0.833. The van der Waals surface area contributed by atoms with Crippen LogP contribution >= 0.6 is 0 Å². The molecule has 0 aliphatic carbocycles. The van der Waals surface area contributed by atoms with Crippen molar-refractivity contribution in [2.45, 2.75) is 46.1 Å². The number of nitrogens with zero attached hydrogens (tertiary/aromatic N) is 2. The Balaban J connectivity index is 2.70. The van der Waals surface area contributed by atoms with Crippen molar-refractivity contribution < 1.29 is 9.26 Å². The van der Waals surface area contributed by atoms with Gasteiger partial charge in [0, 0.05) is 13.0 Å². The van der Waals surface area contributed by atoms with Crippen molar-refractivity contribution in [3.63, 3.8) is 0 Å². The summed E-state index contributed by atoms with van der Waals surface area (Å²) in [5.74, 6) is 1.64. The lowest BCUT2D eigenvalue weighted by molar-refractivity contribution is -0.0221. The molecule has 0 spiro atoms.